The summed E-state index contributed by atoms with van der Waals surface area (Å²) in [5, 5.41) is 0. The highest BCUT2D eigenvalue weighted by atomic mass is 19.1. The Hall–Kier alpha value is -0.930. The minimum atomic E-state index is -0.133. The SMILES string of the molecule is Cc1cc(C2C(N)CCCCN2CC(C)C)ccc1F. The quantitative estimate of drug-likeness (QED) is 0.914. The molecule has 2 unspecified atom stereocenters. The van der Waals surface area contributed by atoms with Crippen molar-refractivity contribution in [2.24, 2.45) is 11.7 Å². The van der Waals surface area contributed by atoms with Crippen LogP contribution in [-0.2, 0) is 0 Å². The summed E-state index contributed by atoms with van der Waals surface area (Å²) in [7, 11) is 0. The van der Waals surface area contributed by atoms with Gasteiger partial charge in [-0.05, 0) is 49.4 Å². The highest BCUT2D eigenvalue weighted by Crippen LogP contribution is 2.31. The van der Waals surface area contributed by atoms with Gasteiger partial charge in [0.1, 0.15) is 5.82 Å². The Kier molecular flexibility index (Phi) is 5.17. The first-order valence-corrected chi connectivity index (χ1v) is 7.74. The van der Waals surface area contributed by atoms with Crippen LogP contribution in [0.5, 0.6) is 0 Å². The third kappa shape index (κ3) is 3.58. The van der Waals surface area contributed by atoms with Crippen molar-refractivity contribution in [2.45, 2.75) is 52.1 Å². The Labute approximate surface area is 122 Å². The molecule has 1 fully saturated rings. The van der Waals surface area contributed by atoms with E-state index < -0.39 is 0 Å². The van der Waals surface area contributed by atoms with Crippen molar-refractivity contribution >= 4 is 0 Å². The number of benzene rings is 1. The number of likely N-dealkylation sites (tertiary alicyclic amines) is 1. The van der Waals surface area contributed by atoms with E-state index in [-0.39, 0.29) is 17.9 Å². The lowest BCUT2D eigenvalue weighted by molar-refractivity contribution is 0.165. The van der Waals surface area contributed by atoms with Gasteiger partial charge in [0, 0.05) is 18.6 Å². The van der Waals surface area contributed by atoms with E-state index in [0.717, 1.165) is 19.5 Å². The van der Waals surface area contributed by atoms with Crippen LogP contribution in [0.2, 0.25) is 0 Å². The second-order valence-corrected chi connectivity index (χ2v) is 6.50. The number of hydrogen-bond donors (Lipinski definition) is 1. The zero-order valence-electron chi connectivity index (χ0n) is 12.9. The van der Waals surface area contributed by atoms with Crippen molar-refractivity contribution in [1.29, 1.82) is 0 Å². The van der Waals surface area contributed by atoms with Crippen LogP contribution < -0.4 is 5.73 Å². The van der Waals surface area contributed by atoms with Crippen molar-refractivity contribution < 1.29 is 4.39 Å². The molecule has 112 valence electrons. The summed E-state index contributed by atoms with van der Waals surface area (Å²) in [6.07, 6.45) is 3.44. The molecular formula is C17H27FN2. The summed E-state index contributed by atoms with van der Waals surface area (Å²) in [5.74, 6) is 0.482. The minimum Gasteiger partial charge on any atom is -0.326 e. The van der Waals surface area contributed by atoms with Crippen LogP contribution in [-0.4, -0.2) is 24.0 Å². The summed E-state index contributed by atoms with van der Waals surface area (Å²) >= 11 is 0. The highest BCUT2D eigenvalue weighted by Gasteiger charge is 2.29. The van der Waals surface area contributed by atoms with Crippen LogP contribution in [0.4, 0.5) is 4.39 Å². The van der Waals surface area contributed by atoms with Gasteiger partial charge in [-0.2, -0.15) is 0 Å². The molecule has 1 aromatic rings. The van der Waals surface area contributed by atoms with Crippen LogP contribution in [0.3, 0.4) is 0 Å². The molecule has 0 aromatic heterocycles. The molecule has 0 saturated carbocycles. The first-order chi connectivity index (χ1) is 9.49. The second-order valence-electron chi connectivity index (χ2n) is 6.50. The molecule has 20 heavy (non-hydrogen) atoms. The molecule has 1 aliphatic heterocycles. The summed E-state index contributed by atoms with van der Waals surface area (Å²) in [6.45, 7) is 8.45. The van der Waals surface area contributed by atoms with Gasteiger partial charge in [-0.15, -0.1) is 0 Å². The van der Waals surface area contributed by atoms with Gasteiger partial charge in [0.25, 0.3) is 0 Å². The predicted molar refractivity (Wildman–Crippen MR) is 82.1 cm³/mol. The fourth-order valence-corrected chi connectivity index (χ4v) is 3.25. The van der Waals surface area contributed by atoms with Crippen LogP contribution in [0.15, 0.2) is 18.2 Å². The third-order valence-corrected chi connectivity index (χ3v) is 4.15. The molecule has 2 N–H and O–H groups in total. The number of nitrogens with zero attached hydrogens (tertiary/aromatic N) is 1. The van der Waals surface area contributed by atoms with E-state index in [4.69, 9.17) is 5.73 Å². The summed E-state index contributed by atoms with van der Waals surface area (Å²) in [5.41, 5.74) is 8.31. The van der Waals surface area contributed by atoms with Gasteiger partial charge >= 0.3 is 0 Å². The van der Waals surface area contributed by atoms with Gasteiger partial charge in [0.05, 0.1) is 0 Å². The van der Waals surface area contributed by atoms with E-state index in [1.54, 1.807) is 6.07 Å². The van der Waals surface area contributed by atoms with E-state index in [1.165, 1.54) is 18.4 Å². The molecular weight excluding hydrogens is 251 g/mol. The van der Waals surface area contributed by atoms with Crippen molar-refractivity contribution in [3.8, 4) is 0 Å². The average Bonchev–Trinajstić information content (AvgIpc) is 2.54. The van der Waals surface area contributed by atoms with Crippen molar-refractivity contribution in [3.63, 3.8) is 0 Å². The van der Waals surface area contributed by atoms with Crippen molar-refractivity contribution in [1.82, 2.24) is 4.90 Å². The maximum absolute atomic E-state index is 13.5. The average molecular weight is 278 g/mol. The number of nitrogens with two attached hydrogens (primary N) is 1. The van der Waals surface area contributed by atoms with Crippen LogP contribution in [0, 0.1) is 18.7 Å². The summed E-state index contributed by atoms with van der Waals surface area (Å²) in [4.78, 5) is 2.50. The Balaban J connectivity index is 2.31. The van der Waals surface area contributed by atoms with Crippen LogP contribution >= 0.6 is 0 Å². The van der Waals surface area contributed by atoms with Crippen LogP contribution in [0.1, 0.15) is 50.3 Å². The van der Waals surface area contributed by atoms with Crippen molar-refractivity contribution in [2.75, 3.05) is 13.1 Å². The van der Waals surface area contributed by atoms with E-state index in [0.29, 0.717) is 11.5 Å². The zero-order chi connectivity index (χ0) is 14.7. The first kappa shape index (κ1) is 15.5. The molecule has 0 amide bonds. The monoisotopic (exact) mass is 278 g/mol. The first-order valence-electron chi connectivity index (χ1n) is 7.74. The largest absolute Gasteiger partial charge is 0.326 e. The predicted octanol–water partition coefficient (Wildman–Crippen LogP) is 3.64. The fraction of sp³-hybridized carbons (Fsp3) is 0.647. The molecule has 3 heteroatoms. The zero-order valence-corrected chi connectivity index (χ0v) is 12.9. The maximum atomic E-state index is 13.5. The molecule has 2 atom stereocenters. The number of halogens is 1. The molecule has 1 saturated heterocycles. The summed E-state index contributed by atoms with van der Waals surface area (Å²) < 4.78 is 13.5. The van der Waals surface area contributed by atoms with E-state index in [1.807, 2.05) is 19.1 Å². The molecule has 0 bridgehead atoms. The smallest absolute Gasteiger partial charge is 0.126 e. The molecule has 1 aromatic carbocycles. The van der Waals surface area contributed by atoms with Gasteiger partial charge in [-0.25, -0.2) is 4.39 Å². The second kappa shape index (κ2) is 6.68. The normalized spacial score (nSPS) is 24.9. The number of hydrogen-bond acceptors (Lipinski definition) is 2. The minimum absolute atomic E-state index is 0.133. The van der Waals surface area contributed by atoms with Gasteiger partial charge < -0.3 is 5.73 Å². The Morgan fingerprint density at radius 3 is 2.75 bits per heavy atom. The Bertz CT molecular complexity index is 445. The molecule has 2 rings (SSSR count). The molecule has 1 heterocycles. The van der Waals surface area contributed by atoms with Crippen molar-refractivity contribution in [3.05, 3.63) is 35.1 Å². The van der Waals surface area contributed by atoms with E-state index in [9.17, 15) is 4.39 Å². The standard InChI is InChI=1S/C17H27FN2/c1-12(2)11-20-9-5-4-6-16(19)17(20)14-7-8-15(18)13(3)10-14/h7-8,10,12,16-17H,4-6,9,11,19H2,1-3H3. The molecule has 0 aliphatic carbocycles. The Morgan fingerprint density at radius 2 is 2.10 bits per heavy atom. The highest BCUT2D eigenvalue weighted by molar-refractivity contribution is 5.28. The van der Waals surface area contributed by atoms with Crippen LogP contribution in [0.25, 0.3) is 0 Å². The number of rotatable bonds is 3. The maximum Gasteiger partial charge on any atom is 0.126 e. The van der Waals surface area contributed by atoms with E-state index >= 15 is 0 Å². The lowest BCUT2D eigenvalue weighted by atomic mass is 9.94. The van der Waals surface area contributed by atoms with Gasteiger partial charge in [0.15, 0.2) is 0 Å². The lowest BCUT2D eigenvalue weighted by Gasteiger charge is -2.35. The molecule has 1 aliphatic rings. The fourth-order valence-electron chi connectivity index (χ4n) is 3.25. The summed E-state index contributed by atoms with van der Waals surface area (Å²) in [6, 6.07) is 5.82. The molecule has 2 nitrogen and oxygen atoms in total. The topological polar surface area (TPSA) is 29.3 Å². The molecule has 0 radical (unpaired) electrons. The Morgan fingerprint density at radius 1 is 1.35 bits per heavy atom. The van der Waals surface area contributed by atoms with Gasteiger partial charge in [-0.1, -0.05) is 32.4 Å². The number of aryl methyl sites for hydroxylation is 1. The van der Waals surface area contributed by atoms with E-state index in [2.05, 4.69) is 18.7 Å². The molecule has 0 spiro atoms. The van der Waals surface area contributed by atoms with Gasteiger partial charge in [-0.3, -0.25) is 4.90 Å². The third-order valence-electron chi connectivity index (χ3n) is 4.15. The lowest BCUT2D eigenvalue weighted by Crippen LogP contribution is -2.41. The van der Waals surface area contributed by atoms with Gasteiger partial charge in [0.2, 0.25) is 0 Å².